The lowest BCUT2D eigenvalue weighted by Gasteiger charge is -2.01. The second-order valence-electron chi connectivity index (χ2n) is 3.19. The number of rotatable bonds is 1. The summed E-state index contributed by atoms with van der Waals surface area (Å²) in [4.78, 5) is 8.34. The lowest BCUT2D eigenvalue weighted by Crippen LogP contribution is -1.98. The maximum Gasteiger partial charge on any atom is 0.244 e. The van der Waals surface area contributed by atoms with Crippen LogP contribution in [0.5, 0.6) is 0 Å². The predicted octanol–water partition coefficient (Wildman–Crippen LogP) is 1.86. The minimum absolute atomic E-state index is 0.121. The molecule has 0 saturated heterocycles. The number of fused-ring (bicyclic) bond motifs is 1. The number of hydrogen-bond acceptors (Lipinski definition) is 4. The van der Waals surface area contributed by atoms with Gasteiger partial charge in [0.1, 0.15) is 6.33 Å². The van der Waals surface area contributed by atoms with Gasteiger partial charge in [-0.15, -0.1) is 5.10 Å². The Kier molecular flexibility index (Phi) is 2.04. The van der Waals surface area contributed by atoms with Crippen molar-refractivity contribution in [2.75, 3.05) is 0 Å². The van der Waals surface area contributed by atoms with Gasteiger partial charge in [0.25, 0.3) is 0 Å². The van der Waals surface area contributed by atoms with E-state index in [1.807, 2.05) is 28.8 Å². The van der Waals surface area contributed by atoms with Crippen molar-refractivity contribution < 1.29 is 0 Å². The van der Waals surface area contributed by atoms with E-state index < -0.39 is 0 Å². The molecule has 78 valence electrons. The molecule has 0 spiro atoms. The molecule has 5 nitrogen and oxygen atoms in total. The van der Waals surface area contributed by atoms with Crippen LogP contribution in [0.25, 0.3) is 16.9 Å². The van der Waals surface area contributed by atoms with Gasteiger partial charge in [-0.25, -0.2) is 4.98 Å². The summed E-state index contributed by atoms with van der Waals surface area (Å²) in [6, 6.07) is 7.77. The number of halogens is 1. The van der Waals surface area contributed by atoms with Crippen molar-refractivity contribution in [2.24, 2.45) is 0 Å². The molecule has 0 N–H and O–H groups in total. The van der Waals surface area contributed by atoms with Gasteiger partial charge in [0.2, 0.25) is 5.28 Å². The summed E-state index contributed by atoms with van der Waals surface area (Å²) in [6.07, 6.45) is 3.23. The fourth-order valence-electron chi connectivity index (χ4n) is 1.53. The number of nitrogens with zero attached hydrogens (tertiary/aromatic N) is 5. The minimum atomic E-state index is 0.121. The molecule has 0 bridgehead atoms. The third-order valence-electron chi connectivity index (χ3n) is 2.22. The Bertz CT molecular complexity index is 648. The van der Waals surface area contributed by atoms with Crippen molar-refractivity contribution in [1.82, 2.24) is 24.7 Å². The quantitative estimate of drug-likeness (QED) is 0.642. The fraction of sp³-hybridized carbons (Fsp3) is 0. The Balaban J connectivity index is 2.26. The SMILES string of the molecule is Clc1nncc(-n2cnc3ccccc32)n1. The van der Waals surface area contributed by atoms with E-state index in [2.05, 4.69) is 20.2 Å². The first-order chi connectivity index (χ1) is 7.84. The second kappa shape index (κ2) is 3.53. The summed E-state index contributed by atoms with van der Waals surface area (Å²) in [6.45, 7) is 0. The van der Waals surface area contributed by atoms with E-state index in [-0.39, 0.29) is 5.28 Å². The molecule has 3 aromatic rings. The van der Waals surface area contributed by atoms with Crippen molar-refractivity contribution in [3.63, 3.8) is 0 Å². The molecule has 16 heavy (non-hydrogen) atoms. The van der Waals surface area contributed by atoms with Crippen LogP contribution in [-0.4, -0.2) is 24.7 Å². The van der Waals surface area contributed by atoms with Crippen LogP contribution >= 0.6 is 11.6 Å². The highest BCUT2D eigenvalue weighted by Gasteiger charge is 2.05. The first-order valence-electron chi connectivity index (χ1n) is 4.62. The summed E-state index contributed by atoms with van der Waals surface area (Å²) in [7, 11) is 0. The van der Waals surface area contributed by atoms with Gasteiger partial charge in [0.05, 0.1) is 17.2 Å². The van der Waals surface area contributed by atoms with E-state index in [9.17, 15) is 0 Å². The van der Waals surface area contributed by atoms with Crippen LogP contribution in [0, 0.1) is 0 Å². The Morgan fingerprint density at radius 2 is 2.06 bits per heavy atom. The van der Waals surface area contributed by atoms with Crippen molar-refractivity contribution in [3.8, 4) is 5.82 Å². The van der Waals surface area contributed by atoms with Crippen molar-refractivity contribution in [3.05, 3.63) is 42.1 Å². The Morgan fingerprint density at radius 3 is 2.94 bits per heavy atom. The zero-order valence-corrected chi connectivity index (χ0v) is 8.83. The number of para-hydroxylation sites is 2. The van der Waals surface area contributed by atoms with Crippen molar-refractivity contribution in [1.29, 1.82) is 0 Å². The molecule has 3 rings (SSSR count). The molecule has 0 aliphatic heterocycles. The molecule has 2 aromatic heterocycles. The monoisotopic (exact) mass is 231 g/mol. The standard InChI is InChI=1S/C10H6ClN5/c11-10-14-9(5-13-15-10)16-6-12-7-3-1-2-4-8(7)16/h1-6H. The maximum absolute atomic E-state index is 5.69. The second-order valence-corrected chi connectivity index (χ2v) is 3.52. The molecule has 0 aliphatic carbocycles. The van der Waals surface area contributed by atoms with Crippen molar-refractivity contribution in [2.45, 2.75) is 0 Å². The maximum atomic E-state index is 5.69. The zero-order chi connectivity index (χ0) is 11.0. The summed E-state index contributed by atoms with van der Waals surface area (Å²) in [5.41, 5.74) is 1.86. The topological polar surface area (TPSA) is 56.5 Å². The molecular formula is C10H6ClN5. The van der Waals surface area contributed by atoms with E-state index in [1.54, 1.807) is 12.5 Å². The lowest BCUT2D eigenvalue weighted by molar-refractivity contribution is 0.909. The molecule has 2 heterocycles. The molecule has 6 heteroatoms. The van der Waals surface area contributed by atoms with Crippen LogP contribution in [0.2, 0.25) is 5.28 Å². The van der Waals surface area contributed by atoms with Gasteiger partial charge in [0.15, 0.2) is 5.82 Å². The van der Waals surface area contributed by atoms with Crippen LogP contribution < -0.4 is 0 Å². The van der Waals surface area contributed by atoms with Crippen LogP contribution in [0.1, 0.15) is 0 Å². The summed E-state index contributed by atoms with van der Waals surface area (Å²) < 4.78 is 1.82. The average molecular weight is 232 g/mol. The number of aromatic nitrogens is 5. The van der Waals surface area contributed by atoms with E-state index >= 15 is 0 Å². The third kappa shape index (κ3) is 1.42. The first-order valence-corrected chi connectivity index (χ1v) is 5.00. The van der Waals surface area contributed by atoms with Gasteiger partial charge in [-0.3, -0.25) is 4.57 Å². The number of hydrogen-bond donors (Lipinski definition) is 0. The minimum Gasteiger partial charge on any atom is -0.281 e. The highest BCUT2D eigenvalue weighted by atomic mass is 35.5. The fourth-order valence-corrected chi connectivity index (χ4v) is 1.66. The molecule has 1 aromatic carbocycles. The van der Waals surface area contributed by atoms with Gasteiger partial charge in [-0.05, 0) is 23.7 Å². The summed E-state index contributed by atoms with van der Waals surface area (Å²) in [5, 5.41) is 7.47. The Morgan fingerprint density at radius 1 is 1.19 bits per heavy atom. The normalized spacial score (nSPS) is 10.8. The largest absolute Gasteiger partial charge is 0.281 e. The molecule has 0 saturated carbocycles. The predicted molar refractivity (Wildman–Crippen MR) is 59.5 cm³/mol. The summed E-state index contributed by atoms with van der Waals surface area (Å²) in [5.74, 6) is 0.605. The third-order valence-corrected chi connectivity index (χ3v) is 2.38. The van der Waals surface area contributed by atoms with Gasteiger partial charge in [-0.2, -0.15) is 10.1 Å². The van der Waals surface area contributed by atoms with Crippen LogP contribution in [0.4, 0.5) is 0 Å². The average Bonchev–Trinajstić information content (AvgIpc) is 2.72. The number of imidazole rings is 1. The van der Waals surface area contributed by atoms with Gasteiger partial charge in [-0.1, -0.05) is 12.1 Å². The molecule has 0 fully saturated rings. The Hall–Kier alpha value is -2.01. The van der Waals surface area contributed by atoms with Crippen LogP contribution in [-0.2, 0) is 0 Å². The number of benzene rings is 1. The highest BCUT2D eigenvalue weighted by molar-refractivity contribution is 6.28. The summed E-state index contributed by atoms with van der Waals surface area (Å²) >= 11 is 5.69. The van der Waals surface area contributed by atoms with Crippen LogP contribution in [0.3, 0.4) is 0 Å². The lowest BCUT2D eigenvalue weighted by atomic mass is 10.3. The van der Waals surface area contributed by atoms with E-state index in [0.29, 0.717) is 5.82 Å². The Labute approximate surface area is 95.7 Å². The molecule has 0 aliphatic rings. The van der Waals surface area contributed by atoms with E-state index in [4.69, 9.17) is 11.6 Å². The molecule has 0 unspecified atom stereocenters. The molecule has 0 atom stereocenters. The van der Waals surface area contributed by atoms with Crippen molar-refractivity contribution >= 4 is 22.6 Å². The molecular weight excluding hydrogens is 226 g/mol. The smallest absolute Gasteiger partial charge is 0.244 e. The van der Waals surface area contributed by atoms with Gasteiger partial charge in [0, 0.05) is 0 Å². The molecule has 0 radical (unpaired) electrons. The zero-order valence-electron chi connectivity index (χ0n) is 8.08. The molecule has 0 amide bonds. The highest BCUT2D eigenvalue weighted by Crippen LogP contribution is 2.15. The van der Waals surface area contributed by atoms with E-state index in [0.717, 1.165) is 11.0 Å². The van der Waals surface area contributed by atoms with E-state index in [1.165, 1.54) is 0 Å². The van der Waals surface area contributed by atoms with Gasteiger partial charge >= 0.3 is 0 Å². The van der Waals surface area contributed by atoms with Crippen LogP contribution in [0.15, 0.2) is 36.8 Å². The van der Waals surface area contributed by atoms with Gasteiger partial charge < -0.3 is 0 Å². The first kappa shape index (κ1) is 9.23.